The van der Waals surface area contributed by atoms with Gasteiger partial charge in [-0.3, -0.25) is 4.79 Å². The van der Waals surface area contributed by atoms with E-state index in [1.807, 2.05) is 84.9 Å². The molecule has 0 heterocycles. The Hall–Kier alpha value is -3.03. The number of benzene rings is 4. The minimum Gasteiger partial charge on any atom is -0.332 e. The molecular formula is C27H21Cl2N3OS2. The number of thioether (sulfide) groups is 1. The molecule has 0 bridgehead atoms. The molecule has 1 unspecified atom stereocenters. The third-order valence-corrected chi connectivity index (χ3v) is 6.96. The average Bonchev–Trinajstić information content (AvgIpc) is 2.87. The van der Waals surface area contributed by atoms with Crippen LogP contribution in [-0.2, 0) is 4.79 Å². The Labute approximate surface area is 224 Å². The van der Waals surface area contributed by atoms with Gasteiger partial charge >= 0.3 is 0 Å². The fourth-order valence-electron chi connectivity index (χ4n) is 3.26. The summed E-state index contributed by atoms with van der Waals surface area (Å²) >= 11 is 19.2. The van der Waals surface area contributed by atoms with Gasteiger partial charge in [0.25, 0.3) is 0 Å². The lowest BCUT2D eigenvalue weighted by Crippen LogP contribution is -2.19. The number of rotatable bonds is 7. The van der Waals surface area contributed by atoms with Crippen molar-refractivity contribution in [1.82, 2.24) is 0 Å². The lowest BCUT2D eigenvalue weighted by atomic mass is 10.1. The molecule has 176 valence electrons. The Bertz CT molecular complexity index is 1300. The van der Waals surface area contributed by atoms with Crippen molar-refractivity contribution in [2.24, 2.45) is 0 Å². The van der Waals surface area contributed by atoms with E-state index in [0.717, 1.165) is 21.8 Å². The SMILES string of the molecule is O=C(Nc1cc(Cl)ccc1Cl)C(Sc1ccc(NC(=S)Nc2ccccc2)cc1)c1ccccc1. The van der Waals surface area contributed by atoms with Crippen LogP contribution in [-0.4, -0.2) is 11.0 Å². The van der Waals surface area contributed by atoms with Crippen molar-refractivity contribution in [2.75, 3.05) is 16.0 Å². The molecule has 0 aliphatic heterocycles. The molecular weight excluding hydrogens is 517 g/mol. The van der Waals surface area contributed by atoms with Crippen molar-refractivity contribution < 1.29 is 4.79 Å². The fourth-order valence-corrected chi connectivity index (χ4v) is 4.86. The third kappa shape index (κ3) is 7.23. The van der Waals surface area contributed by atoms with E-state index in [0.29, 0.717) is 20.8 Å². The van der Waals surface area contributed by atoms with Crippen LogP contribution in [0.5, 0.6) is 0 Å². The molecule has 4 aromatic rings. The molecule has 0 spiro atoms. The Morgan fingerprint density at radius 2 is 1.34 bits per heavy atom. The molecule has 0 saturated carbocycles. The van der Waals surface area contributed by atoms with Crippen molar-refractivity contribution in [3.05, 3.63) is 119 Å². The normalized spacial score (nSPS) is 11.4. The summed E-state index contributed by atoms with van der Waals surface area (Å²) in [6.07, 6.45) is 0. The van der Waals surface area contributed by atoms with Crippen molar-refractivity contribution in [3.63, 3.8) is 0 Å². The second-order valence-corrected chi connectivity index (χ2v) is 9.92. The van der Waals surface area contributed by atoms with E-state index >= 15 is 0 Å². The van der Waals surface area contributed by atoms with Gasteiger partial charge in [-0.25, -0.2) is 0 Å². The minimum absolute atomic E-state index is 0.194. The number of anilines is 3. The molecule has 0 aromatic heterocycles. The van der Waals surface area contributed by atoms with Crippen molar-refractivity contribution in [3.8, 4) is 0 Å². The van der Waals surface area contributed by atoms with E-state index in [1.54, 1.807) is 18.2 Å². The highest BCUT2D eigenvalue weighted by Gasteiger charge is 2.23. The highest BCUT2D eigenvalue weighted by atomic mass is 35.5. The van der Waals surface area contributed by atoms with Crippen LogP contribution in [0, 0.1) is 0 Å². The first-order chi connectivity index (χ1) is 17.0. The number of carbonyl (C=O) groups excluding carboxylic acids is 1. The smallest absolute Gasteiger partial charge is 0.242 e. The zero-order chi connectivity index (χ0) is 24.6. The van der Waals surface area contributed by atoms with Gasteiger partial charge in [-0.2, -0.15) is 0 Å². The number of thiocarbonyl (C=S) groups is 1. The number of para-hydroxylation sites is 1. The first-order valence-electron chi connectivity index (χ1n) is 10.7. The van der Waals surface area contributed by atoms with Crippen LogP contribution in [0.2, 0.25) is 10.0 Å². The largest absolute Gasteiger partial charge is 0.332 e. The van der Waals surface area contributed by atoms with Crippen molar-refractivity contribution in [1.29, 1.82) is 0 Å². The molecule has 3 N–H and O–H groups in total. The molecule has 1 amide bonds. The van der Waals surface area contributed by atoms with Gasteiger partial charge in [-0.1, -0.05) is 71.7 Å². The van der Waals surface area contributed by atoms with E-state index in [1.165, 1.54) is 11.8 Å². The van der Waals surface area contributed by atoms with Gasteiger partial charge in [-0.15, -0.1) is 11.8 Å². The molecule has 4 nitrogen and oxygen atoms in total. The van der Waals surface area contributed by atoms with Gasteiger partial charge in [0.2, 0.25) is 5.91 Å². The fraction of sp³-hybridized carbons (Fsp3) is 0.0370. The van der Waals surface area contributed by atoms with Crippen LogP contribution in [0.15, 0.2) is 108 Å². The molecule has 4 aromatic carbocycles. The van der Waals surface area contributed by atoms with Gasteiger partial charge in [-0.05, 0) is 72.4 Å². The number of halogens is 2. The zero-order valence-electron chi connectivity index (χ0n) is 18.4. The van der Waals surface area contributed by atoms with Gasteiger partial charge < -0.3 is 16.0 Å². The number of nitrogens with one attached hydrogen (secondary N) is 3. The minimum atomic E-state index is -0.495. The maximum Gasteiger partial charge on any atom is 0.242 e. The highest BCUT2D eigenvalue weighted by Crippen LogP contribution is 2.37. The summed E-state index contributed by atoms with van der Waals surface area (Å²) in [5, 5.41) is 10.2. The van der Waals surface area contributed by atoms with Gasteiger partial charge in [0.15, 0.2) is 5.11 Å². The quantitative estimate of drug-likeness (QED) is 0.163. The number of hydrogen-bond acceptors (Lipinski definition) is 3. The lowest BCUT2D eigenvalue weighted by molar-refractivity contribution is -0.115. The molecule has 0 radical (unpaired) electrons. The summed E-state index contributed by atoms with van der Waals surface area (Å²) in [6, 6.07) is 32.1. The van der Waals surface area contributed by atoms with Crippen LogP contribution in [0.1, 0.15) is 10.8 Å². The molecule has 0 saturated heterocycles. The van der Waals surface area contributed by atoms with E-state index in [-0.39, 0.29) is 5.91 Å². The predicted molar refractivity (Wildman–Crippen MR) is 153 cm³/mol. The topological polar surface area (TPSA) is 53.2 Å². The van der Waals surface area contributed by atoms with E-state index in [2.05, 4.69) is 16.0 Å². The molecule has 0 fully saturated rings. The van der Waals surface area contributed by atoms with Gasteiger partial charge in [0.05, 0.1) is 10.7 Å². The van der Waals surface area contributed by atoms with Crippen LogP contribution in [0.4, 0.5) is 17.1 Å². The summed E-state index contributed by atoms with van der Waals surface area (Å²) < 4.78 is 0. The summed E-state index contributed by atoms with van der Waals surface area (Å²) in [5.74, 6) is -0.194. The van der Waals surface area contributed by atoms with E-state index in [4.69, 9.17) is 35.4 Å². The zero-order valence-corrected chi connectivity index (χ0v) is 21.5. The van der Waals surface area contributed by atoms with Crippen LogP contribution in [0.3, 0.4) is 0 Å². The summed E-state index contributed by atoms with van der Waals surface area (Å²) in [6.45, 7) is 0. The predicted octanol–water partition coefficient (Wildman–Crippen LogP) is 8.27. The molecule has 4 rings (SSSR count). The molecule has 0 aliphatic carbocycles. The molecule has 0 aliphatic rings. The van der Waals surface area contributed by atoms with Crippen LogP contribution < -0.4 is 16.0 Å². The number of amides is 1. The maximum absolute atomic E-state index is 13.3. The summed E-state index contributed by atoms with van der Waals surface area (Å²) in [7, 11) is 0. The molecule has 8 heteroatoms. The monoisotopic (exact) mass is 537 g/mol. The van der Waals surface area contributed by atoms with Gasteiger partial charge in [0.1, 0.15) is 5.25 Å². The number of hydrogen-bond donors (Lipinski definition) is 3. The number of carbonyl (C=O) groups is 1. The average molecular weight is 539 g/mol. The van der Waals surface area contributed by atoms with Crippen molar-refractivity contribution >= 4 is 75.3 Å². The highest BCUT2D eigenvalue weighted by molar-refractivity contribution is 8.00. The molecule has 1 atom stereocenters. The standard InChI is InChI=1S/C27H21Cl2N3OS2/c28-19-11-16-23(29)24(17-19)32-26(33)25(18-7-3-1-4-8-18)35-22-14-12-21(13-15-22)31-27(34)30-20-9-5-2-6-10-20/h1-17,25H,(H,32,33)(H2,30,31,34). The first-order valence-corrected chi connectivity index (χ1v) is 12.7. The van der Waals surface area contributed by atoms with Gasteiger partial charge in [0, 0.05) is 21.3 Å². The van der Waals surface area contributed by atoms with Crippen LogP contribution in [0.25, 0.3) is 0 Å². The van der Waals surface area contributed by atoms with E-state index < -0.39 is 5.25 Å². The Morgan fingerprint density at radius 3 is 2.00 bits per heavy atom. The Kier molecular flexibility index (Phi) is 8.66. The summed E-state index contributed by atoms with van der Waals surface area (Å²) in [4.78, 5) is 14.2. The summed E-state index contributed by atoms with van der Waals surface area (Å²) in [5.41, 5.74) is 3.11. The maximum atomic E-state index is 13.3. The second-order valence-electron chi connectivity index (χ2n) is 7.49. The lowest BCUT2D eigenvalue weighted by Gasteiger charge is -2.18. The van der Waals surface area contributed by atoms with Crippen molar-refractivity contribution in [2.45, 2.75) is 10.1 Å². The molecule has 35 heavy (non-hydrogen) atoms. The third-order valence-electron chi connectivity index (χ3n) is 4.92. The first kappa shape index (κ1) is 25.1. The Balaban J connectivity index is 1.46. The van der Waals surface area contributed by atoms with Crippen LogP contribution >= 0.6 is 47.2 Å². The Morgan fingerprint density at radius 1 is 0.743 bits per heavy atom. The van der Waals surface area contributed by atoms with E-state index in [9.17, 15) is 4.79 Å². The second kappa shape index (κ2) is 12.1.